The van der Waals surface area contributed by atoms with E-state index in [1.54, 1.807) is 0 Å². The topological polar surface area (TPSA) is 51.0 Å². The molecule has 19 heavy (non-hydrogen) atoms. The van der Waals surface area contributed by atoms with Crippen LogP contribution in [0.4, 0.5) is 0 Å². The highest BCUT2D eigenvalue weighted by molar-refractivity contribution is 9.10. The predicted molar refractivity (Wildman–Crippen MR) is 78.9 cm³/mol. The summed E-state index contributed by atoms with van der Waals surface area (Å²) in [4.78, 5) is 4.42. The zero-order valence-corrected chi connectivity index (χ0v) is 12.8. The van der Waals surface area contributed by atoms with E-state index in [-0.39, 0.29) is 0 Å². The summed E-state index contributed by atoms with van der Waals surface area (Å²) in [6.07, 6.45) is 1.80. The second-order valence-electron chi connectivity index (χ2n) is 4.52. The molecule has 0 aliphatic heterocycles. The summed E-state index contributed by atoms with van der Waals surface area (Å²) in [6.45, 7) is 5.25. The van der Waals surface area contributed by atoms with Crippen molar-refractivity contribution in [2.75, 3.05) is 6.54 Å². The monoisotopic (exact) mass is 323 g/mol. The van der Waals surface area contributed by atoms with E-state index in [1.165, 1.54) is 0 Å². The summed E-state index contributed by atoms with van der Waals surface area (Å²) in [5.41, 5.74) is 0.970. The van der Waals surface area contributed by atoms with Crippen molar-refractivity contribution in [3.8, 4) is 11.4 Å². The summed E-state index contributed by atoms with van der Waals surface area (Å²) in [5, 5.41) is 7.38. The fraction of sp³-hybridized carbons (Fsp3) is 0.429. The zero-order valence-electron chi connectivity index (χ0n) is 11.2. The Balaban J connectivity index is 1.97. The van der Waals surface area contributed by atoms with Crippen LogP contribution in [0.2, 0.25) is 0 Å². The van der Waals surface area contributed by atoms with E-state index in [1.807, 2.05) is 24.3 Å². The van der Waals surface area contributed by atoms with Gasteiger partial charge in [-0.15, -0.1) is 0 Å². The van der Waals surface area contributed by atoms with Gasteiger partial charge in [-0.25, -0.2) is 0 Å². The summed E-state index contributed by atoms with van der Waals surface area (Å²) in [6, 6.07) is 8.35. The first-order chi connectivity index (χ1) is 9.19. The molecular formula is C14H18BrN3O. The van der Waals surface area contributed by atoms with E-state index in [2.05, 4.69) is 45.2 Å². The Labute approximate surface area is 121 Å². The first kappa shape index (κ1) is 14.2. The molecule has 1 atom stereocenters. The molecule has 0 aliphatic carbocycles. The van der Waals surface area contributed by atoms with E-state index in [0.717, 1.165) is 29.4 Å². The Kier molecular flexibility index (Phi) is 5.10. The van der Waals surface area contributed by atoms with Gasteiger partial charge >= 0.3 is 0 Å². The van der Waals surface area contributed by atoms with Gasteiger partial charge in [0.2, 0.25) is 11.7 Å². The normalized spacial score (nSPS) is 12.6. The van der Waals surface area contributed by atoms with Crippen LogP contribution in [-0.2, 0) is 6.42 Å². The summed E-state index contributed by atoms with van der Waals surface area (Å²) >= 11 is 3.41. The van der Waals surface area contributed by atoms with Crippen LogP contribution in [0.5, 0.6) is 0 Å². The van der Waals surface area contributed by atoms with Crippen LogP contribution in [0, 0.1) is 0 Å². The Morgan fingerprint density at radius 3 is 2.74 bits per heavy atom. The van der Waals surface area contributed by atoms with Crippen LogP contribution in [0.25, 0.3) is 11.4 Å². The maximum atomic E-state index is 5.28. The third-order valence-corrected chi connectivity index (χ3v) is 3.44. The van der Waals surface area contributed by atoms with Crippen molar-refractivity contribution in [3.05, 3.63) is 34.6 Å². The second-order valence-corrected chi connectivity index (χ2v) is 5.43. The van der Waals surface area contributed by atoms with Gasteiger partial charge in [0, 0.05) is 22.5 Å². The van der Waals surface area contributed by atoms with Crippen molar-refractivity contribution in [1.29, 1.82) is 0 Å². The van der Waals surface area contributed by atoms with Crippen molar-refractivity contribution in [2.24, 2.45) is 0 Å². The third kappa shape index (κ3) is 4.14. The molecule has 4 nitrogen and oxygen atoms in total. The first-order valence-electron chi connectivity index (χ1n) is 6.51. The highest BCUT2D eigenvalue weighted by Crippen LogP contribution is 2.19. The molecular weight excluding hydrogens is 306 g/mol. The minimum atomic E-state index is 0.466. The fourth-order valence-corrected chi connectivity index (χ4v) is 2.13. The van der Waals surface area contributed by atoms with Gasteiger partial charge in [0.15, 0.2) is 0 Å². The summed E-state index contributed by atoms with van der Waals surface area (Å²) < 4.78 is 6.32. The second kappa shape index (κ2) is 6.82. The molecule has 0 aliphatic rings. The lowest BCUT2D eigenvalue weighted by molar-refractivity contribution is 0.368. The number of benzene rings is 1. The zero-order chi connectivity index (χ0) is 13.7. The summed E-state index contributed by atoms with van der Waals surface area (Å²) in [7, 11) is 0. The smallest absolute Gasteiger partial charge is 0.227 e. The van der Waals surface area contributed by atoms with Crippen LogP contribution in [0.15, 0.2) is 33.3 Å². The Hall–Kier alpha value is -1.20. The molecule has 2 aromatic rings. The van der Waals surface area contributed by atoms with Gasteiger partial charge in [0.05, 0.1) is 0 Å². The van der Waals surface area contributed by atoms with Crippen LogP contribution in [0.1, 0.15) is 26.2 Å². The van der Waals surface area contributed by atoms with E-state index in [0.29, 0.717) is 17.8 Å². The van der Waals surface area contributed by atoms with E-state index < -0.39 is 0 Å². The number of nitrogens with one attached hydrogen (secondary N) is 1. The highest BCUT2D eigenvalue weighted by atomic mass is 79.9. The molecule has 0 saturated carbocycles. The first-order valence-corrected chi connectivity index (χ1v) is 7.30. The van der Waals surface area contributed by atoms with Gasteiger partial charge in [-0.1, -0.05) is 28.0 Å². The van der Waals surface area contributed by atoms with Gasteiger partial charge in [-0.3, -0.25) is 0 Å². The molecule has 1 N–H and O–H groups in total. The minimum absolute atomic E-state index is 0.466. The molecule has 0 fully saturated rings. The lowest BCUT2D eigenvalue weighted by Gasteiger charge is -2.09. The molecule has 102 valence electrons. The number of rotatable bonds is 6. The van der Waals surface area contributed by atoms with Gasteiger partial charge in [0.1, 0.15) is 0 Å². The van der Waals surface area contributed by atoms with Crippen LogP contribution in [0.3, 0.4) is 0 Å². The maximum absolute atomic E-state index is 5.28. The summed E-state index contributed by atoms with van der Waals surface area (Å²) in [5.74, 6) is 1.35. The van der Waals surface area contributed by atoms with E-state index in [9.17, 15) is 0 Å². The van der Waals surface area contributed by atoms with Crippen molar-refractivity contribution < 1.29 is 4.52 Å². The Morgan fingerprint density at radius 1 is 1.32 bits per heavy atom. The molecule has 0 bridgehead atoms. The maximum Gasteiger partial charge on any atom is 0.227 e. The van der Waals surface area contributed by atoms with Crippen LogP contribution >= 0.6 is 15.9 Å². The van der Waals surface area contributed by atoms with Gasteiger partial charge < -0.3 is 9.84 Å². The fourth-order valence-electron chi connectivity index (χ4n) is 1.86. The number of hydrogen-bond acceptors (Lipinski definition) is 4. The number of halogens is 1. The van der Waals surface area contributed by atoms with Gasteiger partial charge in [0.25, 0.3) is 0 Å². The molecule has 1 unspecified atom stereocenters. The number of aromatic nitrogens is 2. The molecule has 2 rings (SSSR count). The number of hydrogen-bond donors (Lipinski definition) is 1. The molecule has 1 heterocycles. The largest absolute Gasteiger partial charge is 0.339 e. The standard InChI is InChI=1S/C14H18BrN3O/c1-3-16-10(2)4-9-13-17-14(18-19-13)11-5-7-12(15)8-6-11/h5-8,10,16H,3-4,9H2,1-2H3. The average molecular weight is 324 g/mol. The van der Waals surface area contributed by atoms with Crippen molar-refractivity contribution >= 4 is 15.9 Å². The van der Waals surface area contributed by atoms with E-state index >= 15 is 0 Å². The third-order valence-electron chi connectivity index (χ3n) is 2.91. The molecule has 0 amide bonds. The van der Waals surface area contributed by atoms with Crippen molar-refractivity contribution in [1.82, 2.24) is 15.5 Å². The van der Waals surface area contributed by atoms with Crippen molar-refractivity contribution in [3.63, 3.8) is 0 Å². The van der Waals surface area contributed by atoms with Crippen LogP contribution in [-0.4, -0.2) is 22.7 Å². The average Bonchev–Trinajstić information content (AvgIpc) is 2.86. The van der Waals surface area contributed by atoms with E-state index in [4.69, 9.17) is 4.52 Å². The molecule has 1 aromatic carbocycles. The number of aryl methyl sites for hydroxylation is 1. The molecule has 0 radical (unpaired) electrons. The SMILES string of the molecule is CCNC(C)CCc1nc(-c2ccc(Br)cc2)no1. The van der Waals surface area contributed by atoms with Gasteiger partial charge in [-0.05, 0) is 44.2 Å². The molecule has 1 aromatic heterocycles. The van der Waals surface area contributed by atoms with Crippen molar-refractivity contribution in [2.45, 2.75) is 32.7 Å². The molecule has 0 spiro atoms. The lowest BCUT2D eigenvalue weighted by atomic mass is 10.2. The minimum Gasteiger partial charge on any atom is -0.339 e. The van der Waals surface area contributed by atoms with Crippen LogP contribution < -0.4 is 5.32 Å². The highest BCUT2D eigenvalue weighted by Gasteiger charge is 2.09. The molecule has 0 saturated heterocycles. The lowest BCUT2D eigenvalue weighted by Crippen LogP contribution is -2.25. The number of nitrogens with zero attached hydrogens (tertiary/aromatic N) is 2. The van der Waals surface area contributed by atoms with Gasteiger partial charge in [-0.2, -0.15) is 4.98 Å². The molecule has 5 heteroatoms. The Bertz CT molecular complexity index is 510. The quantitative estimate of drug-likeness (QED) is 0.884. The Morgan fingerprint density at radius 2 is 2.05 bits per heavy atom. The predicted octanol–water partition coefficient (Wildman–Crippen LogP) is 3.43.